The summed E-state index contributed by atoms with van der Waals surface area (Å²) in [6.07, 6.45) is 1.49. The minimum atomic E-state index is -0.800. The number of ether oxygens (including phenoxy) is 1. The number of barbiturate groups is 1. The molecule has 4 amide bonds. The first-order valence-electron chi connectivity index (χ1n) is 9.99. The molecule has 0 radical (unpaired) electrons. The maximum Gasteiger partial charge on any atom is 0.335 e. The van der Waals surface area contributed by atoms with Crippen LogP contribution in [0.2, 0.25) is 0 Å². The fourth-order valence-electron chi connectivity index (χ4n) is 3.57. The lowest BCUT2D eigenvalue weighted by molar-refractivity contribution is -0.122. The summed E-state index contributed by atoms with van der Waals surface area (Å²) in [5.74, 6) is -0.863. The van der Waals surface area contributed by atoms with Crippen LogP contribution in [0.3, 0.4) is 0 Å². The third-order valence-corrected chi connectivity index (χ3v) is 5.35. The van der Waals surface area contributed by atoms with E-state index in [0.29, 0.717) is 22.7 Å². The van der Waals surface area contributed by atoms with E-state index in [1.807, 2.05) is 45.0 Å². The summed E-state index contributed by atoms with van der Waals surface area (Å²) in [5, 5.41) is 6.81. The van der Waals surface area contributed by atoms with E-state index >= 15 is 0 Å². The fraction of sp³-hybridized carbons (Fsp3) is 0.167. The van der Waals surface area contributed by atoms with E-state index in [1.54, 1.807) is 28.9 Å². The number of hydrogen-bond acceptors (Lipinski definition) is 5. The second-order valence-electron chi connectivity index (χ2n) is 7.49. The van der Waals surface area contributed by atoms with Gasteiger partial charge in [-0.15, -0.1) is 0 Å². The number of hydrogen-bond donors (Lipinski definition) is 1. The Labute approximate surface area is 185 Å². The van der Waals surface area contributed by atoms with E-state index in [1.165, 1.54) is 13.2 Å². The number of carbonyl (C=O) groups excluding carboxylic acids is 3. The number of amides is 4. The van der Waals surface area contributed by atoms with E-state index in [0.717, 1.165) is 21.8 Å². The van der Waals surface area contributed by atoms with Gasteiger partial charge < -0.3 is 4.74 Å². The zero-order valence-corrected chi connectivity index (χ0v) is 18.2. The summed E-state index contributed by atoms with van der Waals surface area (Å²) in [6, 6.07) is 13.5. The molecule has 0 aliphatic carbocycles. The first kappa shape index (κ1) is 21.0. The quantitative estimate of drug-likeness (QED) is 0.505. The lowest BCUT2D eigenvalue weighted by Gasteiger charge is -2.26. The van der Waals surface area contributed by atoms with Crippen LogP contribution in [0.25, 0.3) is 11.8 Å². The summed E-state index contributed by atoms with van der Waals surface area (Å²) in [7, 11) is 1.52. The fourth-order valence-corrected chi connectivity index (χ4v) is 3.57. The van der Waals surface area contributed by atoms with Crippen molar-refractivity contribution >= 4 is 29.6 Å². The van der Waals surface area contributed by atoms with Crippen molar-refractivity contribution in [2.45, 2.75) is 20.8 Å². The topological polar surface area (TPSA) is 93.5 Å². The molecule has 0 bridgehead atoms. The van der Waals surface area contributed by atoms with Gasteiger partial charge in [0.15, 0.2) is 0 Å². The van der Waals surface area contributed by atoms with Crippen molar-refractivity contribution in [3.8, 4) is 11.4 Å². The zero-order chi connectivity index (χ0) is 23.0. The van der Waals surface area contributed by atoms with Crippen LogP contribution >= 0.6 is 0 Å². The molecule has 1 fully saturated rings. The molecule has 8 nitrogen and oxygen atoms in total. The van der Waals surface area contributed by atoms with Crippen LogP contribution in [0.1, 0.15) is 22.5 Å². The average Bonchev–Trinajstić information content (AvgIpc) is 3.05. The molecule has 3 aromatic rings. The van der Waals surface area contributed by atoms with Gasteiger partial charge in [-0.05, 0) is 63.2 Å². The van der Waals surface area contributed by atoms with Crippen molar-refractivity contribution in [2.75, 3.05) is 12.0 Å². The number of aryl methyl sites for hydroxylation is 2. The predicted octanol–water partition coefficient (Wildman–Crippen LogP) is 3.47. The molecule has 2 aromatic carbocycles. The van der Waals surface area contributed by atoms with Crippen LogP contribution in [0.4, 0.5) is 10.5 Å². The largest absolute Gasteiger partial charge is 0.497 e. The van der Waals surface area contributed by atoms with E-state index in [-0.39, 0.29) is 5.57 Å². The number of methoxy groups -OCH3 is 1. The Kier molecular flexibility index (Phi) is 5.36. The number of benzene rings is 2. The molecule has 4 rings (SSSR count). The lowest BCUT2D eigenvalue weighted by atomic mass is 10.1. The Morgan fingerprint density at radius 3 is 2.16 bits per heavy atom. The summed E-state index contributed by atoms with van der Waals surface area (Å²) in [4.78, 5) is 39.0. The maximum atomic E-state index is 13.2. The van der Waals surface area contributed by atoms with Crippen LogP contribution in [0.5, 0.6) is 5.75 Å². The van der Waals surface area contributed by atoms with Crippen molar-refractivity contribution in [3.63, 3.8) is 0 Å². The first-order chi connectivity index (χ1) is 15.3. The molecule has 162 valence electrons. The Morgan fingerprint density at radius 1 is 0.906 bits per heavy atom. The molecule has 2 heterocycles. The van der Waals surface area contributed by atoms with E-state index in [4.69, 9.17) is 4.74 Å². The van der Waals surface area contributed by atoms with Crippen molar-refractivity contribution in [2.24, 2.45) is 0 Å². The Hall–Kier alpha value is -4.20. The van der Waals surface area contributed by atoms with Gasteiger partial charge in [0, 0.05) is 11.3 Å². The monoisotopic (exact) mass is 430 g/mol. The third-order valence-electron chi connectivity index (χ3n) is 5.35. The summed E-state index contributed by atoms with van der Waals surface area (Å²) in [6.45, 7) is 5.68. The van der Waals surface area contributed by atoms with Crippen molar-refractivity contribution in [1.29, 1.82) is 0 Å². The average molecular weight is 430 g/mol. The highest BCUT2D eigenvalue weighted by atomic mass is 16.5. The number of imide groups is 2. The molecular weight excluding hydrogens is 408 g/mol. The van der Waals surface area contributed by atoms with Gasteiger partial charge in [-0.1, -0.05) is 17.7 Å². The van der Waals surface area contributed by atoms with Crippen molar-refractivity contribution in [3.05, 3.63) is 76.6 Å². The minimum Gasteiger partial charge on any atom is -0.497 e. The Morgan fingerprint density at radius 2 is 1.53 bits per heavy atom. The second-order valence-corrected chi connectivity index (χ2v) is 7.49. The molecule has 1 aromatic heterocycles. The number of urea groups is 1. The van der Waals surface area contributed by atoms with E-state index in [2.05, 4.69) is 10.4 Å². The summed E-state index contributed by atoms with van der Waals surface area (Å²) < 4.78 is 6.88. The van der Waals surface area contributed by atoms with Crippen LogP contribution in [0.15, 0.2) is 54.1 Å². The molecule has 0 saturated carbocycles. The molecule has 1 aliphatic rings. The van der Waals surface area contributed by atoms with Gasteiger partial charge in [0.2, 0.25) is 0 Å². The smallest absolute Gasteiger partial charge is 0.335 e. The highest BCUT2D eigenvalue weighted by Crippen LogP contribution is 2.26. The standard InChI is InChI=1S/C24H22N4O4/c1-14-5-7-18(8-6-14)28-16(3)20(15(2)26-28)13-21-22(29)25-24(31)27(23(21)30)17-9-11-19(32-4)12-10-17/h5-13H,1-4H3,(H,25,29,31)/b21-13-. The lowest BCUT2D eigenvalue weighted by Crippen LogP contribution is -2.54. The third kappa shape index (κ3) is 3.66. The molecule has 8 heteroatoms. The number of nitrogens with one attached hydrogen (secondary N) is 1. The van der Waals surface area contributed by atoms with E-state index < -0.39 is 17.8 Å². The molecule has 32 heavy (non-hydrogen) atoms. The van der Waals surface area contributed by atoms with Gasteiger partial charge in [-0.2, -0.15) is 5.10 Å². The molecule has 0 unspecified atom stereocenters. The van der Waals surface area contributed by atoms with Gasteiger partial charge >= 0.3 is 6.03 Å². The van der Waals surface area contributed by atoms with Crippen LogP contribution in [-0.2, 0) is 9.59 Å². The predicted molar refractivity (Wildman–Crippen MR) is 120 cm³/mol. The highest BCUT2D eigenvalue weighted by Gasteiger charge is 2.37. The molecular formula is C24H22N4O4. The second kappa shape index (κ2) is 8.14. The minimum absolute atomic E-state index is 0.143. The normalized spacial score (nSPS) is 15.3. The number of carbonyl (C=O) groups is 3. The maximum absolute atomic E-state index is 13.2. The van der Waals surface area contributed by atoms with Gasteiger partial charge in [-0.25, -0.2) is 14.4 Å². The zero-order valence-electron chi connectivity index (χ0n) is 18.2. The molecule has 0 spiro atoms. The van der Waals surface area contributed by atoms with Gasteiger partial charge in [0.05, 0.1) is 24.2 Å². The van der Waals surface area contributed by atoms with Crippen LogP contribution < -0.4 is 15.0 Å². The van der Waals surface area contributed by atoms with E-state index in [9.17, 15) is 14.4 Å². The summed E-state index contributed by atoms with van der Waals surface area (Å²) in [5.41, 5.74) is 4.26. The Bertz CT molecular complexity index is 1250. The van der Waals surface area contributed by atoms with Crippen molar-refractivity contribution in [1.82, 2.24) is 15.1 Å². The number of nitrogens with zero attached hydrogens (tertiary/aromatic N) is 3. The molecule has 1 aliphatic heterocycles. The molecule has 1 N–H and O–H groups in total. The first-order valence-corrected chi connectivity index (χ1v) is 9.99. The number of rotatable bonds is 4. The summed E-state index contributed by atoms with van der Waals surface area (Å²) >= 11 is 0. The van der Waals surface area contributed by atoms with Crippen molar-refractivity contribution < 1.29 is 19.1 Å². The van der Waals surface area contributed by atoms with Gasteiger partial charge in [0.1, 0.15) is 11.3 Å². The van der Waals surface area contributed by atoms with Gasteiger partial charge in [0.25, 0.3) is 11.8 Å². The van der Waals surface area contributed by atoms with Crippen LogP contribution in [-0.4, -0.2) is 34.7 Å². The Balaban J connectivity index is 1.74. The molecule has 0 atom stereocenters. The van der Waals surface area contributed by atoms with Gasteiger partial charge in [-0.3, -0.25) is 14.9 Å². The number of anilines is 1. The SMILES string of the molecule is COc1ccc(N2C(=O)NC(=O)/C(=C/c3c(C)nn(-c4ccc(C)cc4)c3C)C2=O)cc1. The molecule has 1 saturated heterocycles. The number of aromatic nitrogens is 2. The van der Waals surface area contributed by atoms with Crippen LogP contribution in [0, 0.1) is 20.8 Å². The highest BCUT2D eigenvalue weighted by molar-refractivity contribution is 6.39.